The number of nitrogens with zero attached hydrogens (tertiary/aromatic N) is 2. The van der Waals surface area contributed by atoms with E-state index < -0.39 is 0 Å². The Kier molecular flexibility index (Phi) is 4.18. The van der Waals surface area contributed by atoms with Gasteiger partial charge in [0.15, 0.2) is 0 Å². The van der Waals surface area contributed by atoms with E-state index in [1.807, 2.05) is 19.1 Å². The minimum absolute atomic E-state index is 0.00243. The second kappa shape index (κ2) is 5.85. The summed E-state index contributed by atoms with van der Waals surface area (Å²) < 4.78 is 0. The predicted molar refractivity (Wildman–Crippen MR) is 73.4 cm³/mol. The molecule has 0 aromatic heterocycles. The number of carbonyl (C=O) groups excluding carboxylic acids is 1. The van der Waals surface area contributed by atoms with Crippen molar-refractivity contribution in [2.24, 2.45) is 0 Å². The lowest BCUT2D eigenvalue weighted by Crippen LogP contribution is -2.43. The van der Waals surface area contributed by atoms with Crippen LogP contribution in [0.15, 0.2) is 18.2 Å². The summed E-state index contributed by atoms with van der Waals surface area (Å²) in [7, 11) is 0. The molecule has 1 aromatic carbocycles. The highest BCUT2D eigenvalue weighted by molar-refractivity contribution is 5.73. The number of nitriles is 1. The van der Waals surface area contributed by atoms with Crippen LogP contribution in [0, 0.1) is 11.3 Å². The summed E-state index contributed by atoms with van der Waals surface area (Å²) in [4.78, 5) is 13.3. The largest absolute Gasteiger partial charge is 0.353 e. The van der Waals surface area contributed by atoms with Crippen LogP contribution in [0.5, 0.6) is 0 Å². The highest BCUT2D eigenvalue weighted by atomic mass is 16.1. The minimum atomic E-state index is 0.00243. The molecule has 2 rings (SSSR count). The van der Waals surface area contributed by atoms with Crippen LogP contribution in [0.2, 0.25) is 0 Å². The van der Waals surface area contributed by atoms with Gasteiger partial charge in [-0.15, -0.1) is 0 Å². The van der Waals surface area contributed by atoms with E-state index in [4.69, 9.17) is 5.26 Å². The van der Waals surface area contributed by atoms with E-state index in [1.165, 1.54) is 12.5 Å². The molecule has 1 aliphatic heterocycles. The Morgan fingerprint density at radius 3 is 3.05 bits per heavy atom. The molecule has 4 heteroatoms. The van der Waals surface area contributed by atoms with Gasteiger partial charge in [0.05, 0.1) is 11.6 Å². The van der Waals surface area contributed by atoms with Gasteiger partial charge in [-0.05, 0) is 30.5 Å². The Bertz CT molecular complexity index is 519. The molecule has 1 aliphatic rings. The van der Waals surface area contributed by atoms with Gasteiger partial charge in [0.2, 0.25) is 5.91 Å². The van der Waals surface area contributed by atoms with Gasteiger partial charge in [-0.25, -0.2) is 0 Å². The Labute approximate surface area is 114 Å². The highest BCUT2D eigenvalue weighted by Crippen LogP contribution is 2.22. The molecule has 0 bridgehead atoms. The quantitative estimate of drug-likeness (QED) is 0.891. The normalized spacial score (nSPS) is 16.3. The van der Waals surface area contributed by atoms with Crippen LogP contribution in [0.4, 0.5) is 0 Å². The van der Waals surface area contributed by atoms with E-state index in [1.54, 1.807) is 0 Å². The first-order chi connectivity index (χ1) is 9.10. The van der Waals surface area contributed by atoms with E-state index in [0.717, 1.165) is 37.2 Å². The number of hydrogen-bond donors (Lipinski definition) is 1. The van der Waals surface area contributed by atoms with Gasteiger partial charge < -0.3 is 5.32 Å². The van der Waals surface area contributed by atoms with Crippen LogP contribution in [-0.2, 0) is 17.8 Å². The van der Waals surface area contributed by atoms with Crippen LogP contribution >= 0.6 is 0 Å². The first-order valence-electron chi connectivity index (χ1n) is 6.60. The van der Waals surface area contributed by atoms with Crippen LogP contribution in [-0.4, -0.2) is 29.9 Å². The molecule has 1 heterocycles. The van der Waals surface area contributed by atoms with Crippen molar-refractivity contribution in [1.29, 1.82) is 5.26 Å². The van der Waals surface area contributed by atoms with E-state index >= 15 is 0 Å². The molecule has 1 atom stereocenters. The maximum atomic E-state index is 11.0. The van der Waals surface area contributed by atoms with E-state index in [9.17, 15) is 4.79 Å². The van der Waals surface area contributed by atoms with Gasteiger partial charge in [0, 0.05) is 32.6 Å². The van der Waals surface area contributed by atoms with E-state index in [-0.39, 0.29) is 11.9 Å². The fourth-order valence-electron chi connectivity index (χ4n) is 2.68. The monoisotopic (exact) mass is 257 g/mol. The topological polar surface area (TPSA) is 56.1 Å². The van der Waals surface area contributed by atoms with Crippen LogP contribution < -0.4 is 5.32 Å². The molecule has 1 aromatic rings. The van der Waals surface area contributed by atoms with Crippen LogP contribution in [0.1, 0.15) is 30.5 Å². The fraction of sp³-hybridized carbons (Fsp3) is 0.467. The average molecular weight is 257 g/mol. The lowest BCUT2D eigenvalue weighted by molar-refractivity contribution is -0.119. The molecule has 0 unspecified atom stereocenters. The van der Waals surface area contributed by atoms with Crippen molar-refractivity contribution >= 4 is 5.91 Å². The van der Waals surface area contributed by atoms with Gasteiger partial charge in [-0.1, -0.05) is 12.1 Å². The molecule has 0 fully saturated rings. The molecule has 0 radical (unpaired) electrons. The summed E-state index contributed by atoms with van der Waals surface area (Å²) in [6, 6.07) is 8.33. The number of fused-ring (bicyclic) bond motifs is 1. The standard InChI is InChI=1S/C15H19N3O/c1-11(17-12(2)19)9-18-7-6-13-4-3-5-14(8-16)15(13)10-18/h3-5,11H,6-7,9-10H2,1-2H3,(H,17,19)/t11-/m0/s1. The van der Waals surface area contributed by atoms with Crippen molar-refractivity contribution in [1.82, 2.24) is 10.2 Å². The van der Waals surface area contributed by atoms with Crippen LogP contribution in [0.3, 0.4) is 0 Å². The third-order valence-electron chi connectivity index (χ3n) is 3.45. The summed E-state index contributed by atoms with van der Waals surface area (Å²) in [5, 5.41) is 12.1. The average Bonchev–Trinajstić information content (AvgIpc) is 2.36. The fourth-order valence-corrected chi connectivity index (χ4v) is 2.68. The summed E-state index contributed by atoms with van der Waals surface area (Å²) in [6.45, 7) is 6.14. The van der Waals surface area contributed by atoms with Crippen molar-refractivity contribution in [3.05, 3.63) is 34.9 Å². The van der Waals surface area contributed by atoms with Crippen LogP contribution in [0.25, 0.3) is 0 Å². The zero-order valence-electron chi connectivity index (χ0n) is 11.4. The second-order valence-corrected chi connectivity index (χ2v) is 5.14. The molecule has 0 spiro atoms. The number of carbonyl (C=O) groups is 1. The van der Waals surface area contributed by atoms with Gasteiger partial charge in [0.25, 0.3) is 0 Å². The third-order valence-corrected chi connectivity index (χ3v) is 3.45. The van der Waals surface area contributed by atoms with Gasteiger partial charge in [-0.2, -0.15) is 5.26 Å². The third kappa shape index (κ3) is 3.33. The zero-order chi connectivity index (χ0) is 13.8. The first-order valence-corrected chi connectivity index (χ1v) is 6.60. The van der Waals surface area contributed by atoms with Gasteiger partial charge in [0.1, 0.15) is 0 Å². The maximum Gasteiger partial charge on any atom is 0.217 e. The maximum absolute atomic E-state index is 11.0. The molecule has 19 heavy (non-hydrogen) atoms. The number of nitrogens with one attached hydrogen (secondary N) is 1. The number of hydrogen-bond acceptors (Lipinski definition) is 3. The molecular formula is C15H19N3O. The second-order valence-electron chi connectivity index (χ2n) is 5.14. The molecule has 4 nitrogen and oxygen atoms in total. The van der Waals surface area contributed by atoms with Gasteiger partial charge >= 0.3 is 0 Å². The summed E-state index contributed by atoms with van der Waals surface area (Å²) in [5.74, 6) is 0.00243. The molecular weight excluding hydrogens is 238 g/mol. The lowest BCUT2D eigenvalue weighted by atomic mass is 9.95. The number of benzene rings is 1. The van der Waals surface area contributed by atoms with Crippen molar-refractivity contribution in [3.8, 4) is 6.07 Å². The van der Waals surface area contributed by atoms with E-state index in [0.29, 0.717) is 0 Å². The molecule has 1 amide bonds. The summed E-state index contributed by atoms with van der Waals surface area (Å²) in [5.41, 5.74) is 3.20. The zero-order valence-corrected chi connectivity index (χ0v) is 11.4. The number of amides is 1. The minimum Gasteiger partial charge on any atom is -0.353 e. The predicted octanol–water partition coefficient (Wildman–Crippen LogP) is 1.44. The van der Waals surface area contributed by atoms with Crippen molar-refractivity contribution in [2.45, 2.75) is 32.9 Å². The Morgan fingerprint density at radius 2 is 2.37 bits per heavy atom. The van der Waals surface area contributed by atoms with Crippen molar-refractivity contribution in [3.63, 3.8) is 0 Å². The molecule has 0 saturated heterocycles. The number of rotatable bonds is 3. The lowest BCUT2D eigenvalue weighted by Gasteiger charge is -2.31. The smallest absolute Gasteiger partial charge is 0.217 e. The molecule has 0 aliphatic carbocycles. The first kappa shape index (κ1) is 13.6. The molecule has 1 N–H and O–H groups in total. The Morgan fingerprint density at radius 1 is 1.58 bits per heavy atom. The Balaban J connectivity index is 2.05. The summed E-state index contributed by atoms with van der Waals surface area (Å²) in [6.07, 6.45) is 0.970. The summed E-state index contributed by atoms with van der Waals surface area (Å²) >= 11 is 0. The SMILES string of the molecule is CC(=O)N[C@@H](C)CN1CCc2cccc(C#N)c2C1. The Hall–Kier alpha value is -1.86. The molecule has 100 valence electrons. The van der Waals surface area contributed by atoms with Crippen molar-refractivity contribution < 1.29 is 4.79 Å². The van der Waals surface area contributed by atoms with E-state index in [2.05, 4.69) is 22.4 Å². The highest BCUT2D eigenvalue weighted by Gasteiger charge is 2.20. The van der Waals surface area contributed by atoms with Gasteiger partial charge in [-0.3, -0.25) is 9.69 Å². The van der Waals surface area contributed by atoms with Crippen molar-refractivity contribution in [2.75, 3.05) is 13.1 Å². The molecule has 0 saturated carbocycles.